The first-order valence-corrected chi connectivity index (χ1v) is 9.81. The van der Waals surface area contributed by atoms with E-state index in [1.54, 1.807) is 7.11 Å². The molecule has 1 aliphatic heterocycles. The Morgan fingerprint density at radius 1 is 1.16 bits per heavy atom. The fourth-order valence-corrected chi connectivity index (χ4v) is 4.31. The number of methoxy groups -OCH3 is 1. The average molecular weight is 347 g/mol. The normalized spacial score (nSPS) is 25.4. The number of hydrogen-bond donors (Lipinski definition) is 1. The number of ether oxygens (including phenoxy) is 2. The second-order valence-electron chi connectivity index (χ2n) is 7.88. The summed E-state index contributed by atoms with van der Waals surface area (Å²) in [6, 6.07) is 8.60. The minimum Gasteiger partial charge on any atom is -0.490 e. The molecule has 3 rings (SSSR count). The molecule has 0 radical (unpaired) electrons. The SMILES string of the molecule is COCCC1(CO)CCCN(Cc2ccc(OC3CCCC3)cc2)C1. The lowest BCUT2D eigenvalue weighted by atomic mass is 9.78. The van der Waals surface area contributed by atoms with Crippen molar-refractivity contribution in [2.45, 2.75) is 57.6 Å². The third-order valence-electron chi connectivity index (χ3n) is 5.85. The van der Waals surface area contributed by atoms with Gasteiger partial charge in [0.15, 0.2) is 0 Å². The molecule has 1 aliphatic carbocycles. The predicted octanol–water partition coefficient (Wildman–Crippen LogP) is 3.62. The van der Waals surface area contributed by atoms with Gasteiger partial charge in [0.2, 0.25) is 0 Å². The molecule has 0 amide bonds. The molecular weight excluding hydrogens is 314 g/mol. The van der Waals surface area contributed by atoms with Crippen LogP contribution in [-0.4, -0.2) is 49.5 Å². The minimum atomic E-state index is -0.000213. The van der Waals surface area contributed by atoms with Crippen molar-refractivity contribution in [1.82, 2.24) is 4.90 Å². The van der Waals surface area contributed by atoms with Crippen LogP contribution >= 0.6 is 0 Å². The van der Waals surface area contributed by atoms with Crippen LogP contribution in [0.15, 0.2) is 24.3 Å². The molecule has 1 N–H and O–H groups in total. The summed E-state index contributed by atoms with van der Waals surface area (Å²) >= 11 is 0. The zero-order chi connectivity index (χ0) is 17.5. The van der Waals surface area contributed by atoms with Gasteiger partial charge in [-0.15, -0.1) is 0 Å². The van der Waals surface area contributed by atoms with Crippen molar-refractivity contribution in [3.05, 3.63) is 29.8 Å². The lowest BCUT2D eigenvalue weighted by Gasteiger charge is -2.42. The van der Waals surface area contributed by atoms with E-state index in [0.717, 1.165) is 51.3 Å². The summed E-state index contributed by atoms with van der Waals surface area (Å²) in [6.07, 6.45) is 8.58. The highest BCUT2D eigenvalue weighted by Gasteiger charge is 2.34. The molecule has 1 atom stereocenters. The highest BCUT2D eigenvalue weighted by molar-refractivity contribution is 5.27. The van der Waals surface area contributed by atoms with Gasteiger partial charge in [0.1, 0.15) is 5.75 Å². The maximum atomic E-state index is 9.93. The molecule has 140 valence electrons. The monoisotopic (exact) mass is 347 g/mol. The molecule has 4 nitrogen and oxygen atoms in total. The Kier molecular flexibility index (Phi) is 6.74. The van der Waals surface area contributed by atoms with E-state index in [-0.39, 0.29) is 12.0 Å². The maximum Gasteiger partial charge on any atom is 0.119 e. The molecule has 2 fully saturated rings. The highest BCUT2D eigenvalue weighted by Crippen LogP contribution is 2.34. The van der Waals surface area contributed by atoms with Gasteiger partial charge in [-0.2, -0.15) is 0 Å². The van der Waals surface area contributed by atoms with Crippen molar-refractivity contribution in [2.24, 2.45) is 5.41 Å². The maximum absolute atomic E-state index is 9.93. The summed E-state index contributed by atoms with van der Waals surface area (Å²) in [6.45, 7) is 3.98. The minimum absolute atomic E-state index is 0.000213. The first kappa shape index (κ1) is 18.7. The van der Waals surface area contributed by atoms with E-state index >= 15 is 0 Å². The number of aliphatic hydroxyl groups excluding tert-OH is 1. The van der Waals surface area contributed by atoms with Gasteiger partial charge in [-0.25, -0.2) is 0 Å². The number of hydrogen-bond acceptors (Lipinski definition) is 4. The van der Waals surface area contributed by atoms with Crippen molar-refractivity contribution in [3.63, 3.8) is 0 Å². The Hall–Kier alpha value is -1.10. The zero-order valence-electron chi connectivity index (χ0n) is 15.6. The van der Waals surface area contributed by atoms with E-state index in [0.29, 0.717) is 6.10 Å². The van der Waals surface area contributed by atoms with Crippen molar-refractivity contribution >= 4 is 0 Å². The topological polar surface area (TPSA) is 41.9 Å². The van der Waals surface area contributed by atoms with E-state index in [1.807, 2.05) is 0 Å². The van der Waals surface area contributed by atoms with Gasteiger partial charge < -0.3 is 14.6 Å². The van der Waals surface area contributed by atoms with Gasteiger partial charge in [-0.05, 0) is 69.2 Å². The summed E-state index contributed by atoms with van der Waals surface area (Å²) in [7, 11) is 1.74. The Labute approximate surface area is 152 Å². The highest BCUT2D eigenvalue weighted by atomic mass is 16.5. The molecule has 1 saturated heterocycles. The summed E-state index contributed by atoms with van der Waals surface area (Å²) in [5.41, 5.74) is 1.32. The van der Waals surface area contributed by atoms with Crippen molar-refractivity contribution in [1.29, 1.82) is 0 Å². The fraction of sp³-hybridized carbons (Fsp3) is 0.714. The van der Waals surface area contributed by atoms with Crippen LogP contribution in [0.5, 0.6) is 5.75 Å². The molecule has 2 aliphatic rings. The lowest BCUT2D eigenvalue weighted by molar-refractivity contribution is 0.00475. The van der Waals surface area contributed by atoms with Crippen LogP contribution < -0.4 is 4.74 Å². The van der Waals surface area contributed by atoms with Gasteiger partial charge >= 0.3 is 0 Å². The van der Waals surface area contributed by atoms with Gasteiger partial charge in [-0.1, -0.05) is 12.1 Å². The van der Waals surface area contributed by atoms with Crippen LogP contribution in [0.4, 0.5) is 0 Å². The molecule has 0 aromatic heterocycles. The number of piperidine rings is 1. The van der Waals surface area contributed by atoms with Crippen molar-refractivity contribution < 1.29 is 14.6 Å². The van der Waals surface area contributed by atoms with Gasteiger partial charge in [0.25, 0.3) is 0 Å². The second kappa shape index (κ2) is 9.02. The van der Waals surface area contributed by atoms with Gasteiger partial charge in [0.05, 0.1) is 12.7 Å². The molecule has 1 unspecified atom stereocenters. The van der Waals surface area contributed by atoms with Crippen LogP contribution in [0.25, 0.3) is 0 Å². The number of aliphatic hydroxyl groups is 1. The molecule has 25 heavy (non-hydrogen) atoms. The molecule has 1 aromatic carbocycles. The first-order valence-electron chi connectivity index (χ1n) is 9.81. The Morgan fingerprint density at radius 2 is 1.92 bits per heavy atom. The van der Waals surface area contributed by atoms with E-state index in [2.05, 4.69) is 29.2 Å². The number of rotatable bonds is 8. The van der Waals surface area contributed by atoms with E-state index < -0.39 is 0 Å². The average Bonchev–Trinajstić information content (AvgIpc) is 3.15. The van der Waals surface area contributed by atoms with Crippen LogP contribution in [-0.2, 0) is 11.3 Å². The van der Waals surface area contributed by atoms with Crippen LogP contribution in [0.2, 0.25) is 0 Å². The van der Waals surface area contributed by atoms with Crippen LogP contribution in [0.1, 0.15) is 50.5 Å². The molecule has 4 heteroatoms. The van der Waals surface area contributed by atoms with E-state index in [4.69, 9.17) is 9.47 Å². The van der Waals surface area contributed by atoms with Crippen LogP contribution in [0.3, 0.4) is 0 Å². The molecule has 0 bridgehead atoms. The molecular formula is C21H33NO3. The van der Waals surface area contributed by atoms with Gasteiger partial charge in [0, 0.05) is 32.2 Å². The fourth-order valence-electron chi connectivity index (χ4n) is 4.31. The second-order valence-corrected chi connectivity index (χ2v) is 7.88. The number of nitrogens with zero attached hydrogens (tertiary/aromatic N) is 1. The molecule has 1 saturated carbocycles. The summed E-state index contributed by atoms with van der Waals surface area (Å²) in [4.78, 5) is 2.47. The number of benzene rings is 1. The molecule has 1 heterocycles. The summed E-state index contributed by atoms with van der Waals surface area (Å²) in [5, 5.41) is 9.93. The van der Waals surface area contributed by atoms with Crippen LogP contribution in [0, 0.1) is 5.41 Å². The Bertz CT molecular complexity index is 512. The largest absolute Gasteiger partial charge is 0.490 e. The standard InChI is InChI=1S/C21H33NO3/c1-24-14-12-21(17-23)11-4-13-22(16-21)15-18-7-9-20(10-8-18)25-19-5-2-3-6-19/h7-10,19,23H,2-6,11-17H2,1H3. The predicted molar refractivity (Wildman–Crippen MR) is 99.8 cm³/mol. The molecule has 1 aromatic rings. The first-order chi connectivity index (χ1) is 12.2. The van der Waals surface area contributed by atoms with Crippen molar-refractivity contribution in [3.8, 4) is 5.75 Å². The third-order valence-corrected chi connectivity index (χ3v) is 5.85. The van der Waals surface area contributed by atoms with E-state index in [9.17, 15) is 5.11 Å². The van der Waals surface area contributed by atoms with E-state index in [1.165, 1.54) is 31.2 Å². The Balaban J connectivity index is 1.54. The Morgan fingerprint density at radius 3 is 2.60 bits per heavy atom. The lowest BCUT2D eigenvalue weighted by Crippen LogP contribution is -2.45. The van der Waals surface area contributed by atoms with Crippen molar-refractivity contribution in [2.75, 3.05) is 33.4 Å². The number of likely N-dealkylation sites (tertiary alicyclic amines) is 1. The zero-order valence-corrected chi connectivity index (χ0v) is 15.6. The summed E-state index contributed by atoms with van der Waals surface area (Å²) in [5.74, 6) is 0.999. The summed E-state index contributed by atoms with van der Waals surface area (Å²) < 4.78 is 11.3. The smallest absolute Gasteiger partial charge is 0.119 e. The molecule has 0 spiro atoms. The quantitative estimate of drug-likeness (QED) is 0.780. The third kappa shape index (κ3) is 5.19. The van der Waals surface area contributed by atoms with Gasteiger partial charge in [-0.3, -0.25) is 4.90 Å².